The van der Waals surface area contributed by atoms with Gasteiger partial charge in [0.1, 0.15) is 6.07 Å². The summed E-state index contributed by atoms with van der Waals surface area (Å²) in [6.45, 7) is 0. The average Bonchev–Trinajstić information content (AvgIpc) is 2.48. The summed E-state index contributed by atoms with van der Waals surface area (Å²) in [4.78, 5) is 12.4. The minimum Gasteiger partial charge on any atom is -0.387 e. The van der Waals surface area contributed by atoms with E-state index in [1.54, 1.807) is 43.4 Å². The molecule has 0 saturated carbocycles. The van der Waals surface area contributed by atoms with E-state index < -0.39 is 0 Å². The molecular weight excluding hydrogens is 354 g/mol. The number of hydrogen-bond acceptors (Lipinski definition) is 3. The van der Waals surface area contributed by atoms with E-state index in [0.717, 1.165) is 4.47 Å². The van der Waals surface area contributed by atoms with Gasteiger partial charge in [0.2, 0.25) is 0 Å². The molecule has 4 nitrogen and oxygen atoms in total. The average molecular weight is 365 g/mol. The summed E-state index contributed by atoms with van der Waals surface area (Å²) in [5.41, 5.74) is 1.91. The second-order valence-corrected chi connectivity index (χ2v) is 5.55. The Morgan fingerprint density at radius 2 is 1.95 bits per heavy atom. The highest BCUT2D eigenvalue weighted by Gasteiger charge is 2.13. The van der Waals surface area contributed by atoms with Gasteiger partial charge in [-0.2, -0.15) is 5.26 Å². The Kier molecular flexibility index (Phi) is 4.84. The molecule has 21 heavy (non-hydrogen) atoms. The van der Waals surface area contributed by atoms with Crippen LogP contribution in [-0.4, -0.2) is 13.0 Å². The number of nitrogens with zero attached hydrogens (tertiary/aromatic N) is 1. The molecule has 0 heterocycles. The number of rotatable bonds is 3. The number of halogens is 2. The Labute approximate surface area is 135 Å². The second-order valence-electron chi connectivity index (χ2n) is 4.20. The van der Waals surface area contributed by atoms with Crippen LogP contribution in [0.4, 0.5) is 11.4 Å². The van der Waals surface area contributed by atoms with Gasteiger partial charge in [-0.05, 0) is 36.4 Å². The Morgan fingerprint density at radius 3 is 2.62 bits per heavy atom. The van der Waals surface area contributed by atoms with Gasteiger partial charge in [-0.25, -0.2) is 0 Å². The lowest BCUT2D eigenvalue weighted by Gasteiger charge is -2.11. The second kappa shape index (κ2) is 6.61. The summed E-state index contributed by atoms with van der Waals surface area (Å²) in [5.74, 6) is -0.333. The molecule has 1 amide bonds. The van der Waals surface area contributed by atoms with Gasteiger partial charge < -0.3 is 10.6 Å². The third kappa shape index (κ3) is 3.54. The molecule has 0 aliphatic rings. The van der Waals surface area contributed by atoms with E-state index in [9.17, 15) is 4.79 Å². The van der Waals surface area contributed by atoms with Gasteiger partial charge in [0.15, 0.2) is 0 Å². The van der Waals surface area contributed by atoms with Crippen molar-refractivity contribution in [1.29, 1.82) is 5.26 Å². The van der Waals surface area contributed by atoms with Crippen molar-refractivity contribution in [2.24, 2.45) is 0 Å². The molecule has 0 unspecified atom stereocenters. The van der Waals surface area contributed by atoms with E-state index in [2.05, 4.69) is 26.6 Å². The van der Waals surface area contributed by atoms with Crippen LogP contribution in [0.5, 0.6) is 0 Å². The van der Waals surface area contributed by atoms with Crippen LogP contribution in [0.3, 0.4) is 0 Å². The van der Waals surface area contributed by atoms with Gasteiger partial charge in [-0.1, -0.05) is 27.5 Å². The zero-order valence-electron chi connectivity index (χ0n) is 11.1. The predicted octanol–water partition coefficient (Wildman–Crippen LogP) is 4.27. The molecule has 2 N–H and O–H groups in total. The van der Waals surface area contributed by atoms with E-state index in [1.807, 2.05) is 6.07 Å². The fourth-order valence-corrected chi connectivity index (χ4v) is 2.36. The molecule has 0 radical (unpaired) electrons. The van der Waals surface area contributed by atoms with E-state index >= 15 is 0 Å². The number of carbonyl (C=O) groups is 1. The zero-order chi connectivity index (χ0) is 15.4. The third-order valence-corrected chi connectivity index (χ3v) is 3.57. The van der Waals surface area contributed by atoms with Crippen LogP contribution in [0.15, 0.2) is 40.9 Å². The van der Waals surface area contributed by atoms with Gasteiger partial charge >= 0.3 is 0 Å². The van der Waals surface area contributed by atoms with Gasteiger partial charge in [-0.15, -0.1) is 0 Å². The molecule has 0 atom stereocenters. The summed E-state index contributed by atoms with van der Waals surface area (Å²) in [7, 11) is 1.72. The number of nitriles is 1. The summed E-state index contributed by atoms with van der Waals surface area (Å²) >= 11 is 9.22. The molecule has 0 spiro atoms. The number of nitrogens with one attached hydrogen (secondary N) is 2. The highest BCUT2D eigenvalue weighted by Crippen LogP contribution is 2.24. The predicted molar refractivity (Wildman–Crippen MR) is 87.8 cm³/mol. The summed E-state index contributed by atoms with van der Waals surface area (Å²) in [6, 6.07) is 12.1. The molecule has 0 aliphatic heterocycles. The highest BCUT2D eigenvalue weighted by atomic mass is 79.9. The van der Waals surface area contributed by atoms with Crippen molar-refractivity contribution in [2.45, 2.75) is 0 Å². The van der Waals surface area contributed by atoms with Crippen molar-refractivity contribution >= 4 is 44.8 Å². The Bertz CT molecular complexity index is 740. The van der Waals surface area contributed by atoms with Crippen LogP contribution >= 0.6 is 27.5 Å². The fourth-order valence-electron chi connectivity index (χ4n) is 1.83. The van der Waals surface area contributed by atoms with Crippen LogP contribution in [0.1, 0.15) is 15.9 Å². The van der Waals surface area contributed by atoms with Gasteiger partial charge in [0.05, 0.1) is 16.8 Å². The van der Waals surface area contributed by atoms with Crippen LogP contribution in [-0.2, 0) is 0 Å². The SMILES string of the molecule is CNc1ccc(Cl)cc1C(=O)Nc1ccc(Br)cc1C#N. The number of amides is 1. The Morgan fingerprint density at radius 1 is 1.24 bits per heavy atom. The van der Waals surface area contributed by atoms with E-state index in [0.29, 0.717) is 27.5 Å². The zero-order valence-corrected chi connectivity index (χ0v) is 13.4. The van der Waals surface area contributed by atoms with Crippen molar-refractivity contribution in [3.63, 3.8) is 0 Å². The van der Waals surface area contributed by atoms with Crippen molar-refractivity contribution in [1.82, 2.24) is 0 Å². The molecule has 2 aromatic rings. The first-order chi connectivity index (χ1) is 10.0. The first-order valence-electron chi connectivity index (χ1n) is 6.03. The lowest BCUT2D eigenvalue weighted by atomic mass is 10.1. The first kappa shape index (κ1) is 15.4. The van der Waals surface area contributed by atoms with Crippen molar-refractivity contribution < 1.29 is 4.79 Å². The number of anilines is 2. The molecule has 6 heteroatoms. The van der Waals surface area contributed by atoms with Crippen LogP contribution < -0.4 is 10.6 Å². The summed E-state index contributed by atoms with van der Waals surface area (Å²) in [5, 5.41) is 15.2. The largest absolute Gasteiger partial charge is 0.387 e. The van der Waals surface area contributed by atoms with E-state index in [4.69, 9.17) is 16.9 Å². The van der Waals surface area contributed by atoms with Crippen molar-refractivity contribution in [3.8, 4) is 6.07 Å². The molecule has 2 rings (SSSR count). The maximum atomic E-state index is 12.4. The highest BCUT2D eigenvalue weighted by molar-refractivity contribution is 9.10. The minimum absolute atomic E-state index is 0.333. The molecule has 2 aromatic carbocycles. The first-order valence-corrected chi connectivity index (χ1v) is 7.20. The maximum Gasteiger partial charge on any atom is 0.257 e. The van der Waals surface area contributed by atoms with Gasteiger partial charge in [0.25, 0.3) is 5.91 Å². The van der Waals surface area contributed by atoms with Crippen LogP contribution in [0.2, 0.25) is 5.02 Å². The summed E-state index contributed by atoms with van der Waals surface area (Å²) in [6.07, 6.45) is 0. The standard InChI is InChI=1S/C15H11BrClN3O/c1-19-14-5-3-11(17)7-12(14)15(21)20-13-4-2-10(16)6-9(13)8-18/h2-7,19H,1H3,(H,20,21). The lowest BCUT2D eigenvalue weighted by molar-refractivity contribution is 0.102. The molecule has 0 bridgehead atoms. The summed E-state index contributed by atoms with van der Waals surface area (Å²) < 4.78 is 0.774. The lowest BCUT2D eigenvalue weighted by Crippen LogP contribution is -2.14. The Balaban J connectivity index is 2.35. The Hall–Kier alpha value is -2.03. The molecular formula is C15H11BrClN3O. The monoisotopic (exact) mass is 363 g/mol. The molecule has 0 saturated heterocycles. The molecule has 0 fully saturated rings. The van der Waals surface area contributed by atoms with Gasteiger partial charge in [0, 0.05) is 22.2 Å². The quantitative estimate of drug-likeness (QED) is 0.855. The molecule has 0 aromatic heterocycles. The molecule has 106 valence electrons. The van der Waals surface area contributed by atoms with E-state index in [1.165, 1.54) is 0 Å². The van der Waals surface area contributed by atoms with E-state index in [-0.39, 0.29) is 5.91 Å². The van der Waals surface area contributed by atoms with Gasteiger partial charge in [-0.3, -0.25) is 4.79 Å². The smallest absolute Gasteiger partial charge is 0.257 e. The normalized spacial score (nSPS) is 9.81. The topological polar surface area (TPSA) is 64.9 Å². The third-order valence-electron chi connectivity index (χ3n) is 2.85. The van der Waals surface area contributed by atoms with Crippen LogP contribution in [0, 0.1) is 11.3 Å². The number of hydrogen-bond donors (Lipinski definition) is 2. The number of carbonyl (C=O) groups excluding carboxylic acids is 1. The minimum atomic E-state index is -0.333. The fraction of sp³-hybridized carbons (Fsp3) is 0.0667. The van der Waals surface area contributed by atoms with Crippen molar-refractivity contribution in [3.05, 3.63) is 57.0 Å². The van der Waals surface area contributed by atoms with Crippen molar-refractivity contribution in [2.75, 3.05) is 17.7 Å². The maximum absolute atomic E-state index is 12.4. The molecule has 0 aliphatic carbocycles. The van der Waals surface area contributed by atoms with Crippen LogP contribution in [0.25, 0.3) is 0 Å². The number of benzene rings is 2.